The fraction of sp³-hybridized carbons (Fsp3) is 0.385. The quantitative estimate of drug-likeness (QED) is 0.671. The molecule has 0 aliphatic carbocycles. The van der Waals surface area contributed by atoms with E-state index in [9.17, 15) is 9.59 Å². The minimum atomic E-state index is -0.701. The minimum Gasteiger partial charge on any atom is -0.490 e. The number of amides is 2. The summed E-state index contributed by atoms with van der Waals surface area (Å²) >= 11 is 0. The second-order valence-corrected chi connectivity index (χ2v) is 8.50. The number of anilines is 1. The molecule has 0 radical (unpaired) electrons. The molecule has 1 fully saturated rings. The maximum absolute atomic E-state index is 13.2. The van der Waals surface area contributed by atoms with Gasteiger partial charge in [-0.05, 0) is 55.2 Å². The standard InChI is InChI=1S/C26H28N2O5/c29-25(12-10-19-9-11-22-23(17-19)32-16-6-15-31-22)28-18-24(26(30)27-13-4-1-5-14-27)33-21-8-3-2-7-20(21)28/h2-3,7-12,17,24H,1,4-6,13-16,18H2/b12-10+. The molecule has 0 N–H and O–H groups in total. The zero-order chi connectivity index (χ0) is 22.6. The van der Waals surface area contributed by atoms with Gasteiger partial charge in [0.15, 0.2) is 17.6 Å². The van der Waals surface area contributed by atoms with Gasteiger partial charge >= 0.3 is 0 Å². The lowest BCUT2D eigenvalue weighted by Crippen LogP contribution is -2.52. The number of carbonyl (C=O) groups excluding carboxylic acids is 2. The number of fused-ring (bicyclic) bond motifs is 2. The average Bonchev–Trinajstić information content (AvgIpc) is 3.11. The fourth-order valence-electron chi connectivity index (χ4n) is 4.43. The number of rotatable bonds is 3. The normalized spacial score (nSPS) is 20.1. The van der Waals surface area contributed by atoms with Crippen LogP contribution in [0.15, 0.2) is 48.5 Å². The van der Waals surface area contributed by atoms with E-state index in [4.69, 9.17) is 14.2 Å². The van der Waals surface area contributed by atoms with E-state index in [1.165, 1.54) is 6.08 Å². The van der Waals surface area contributed by atoms with Crippen molar-refractivity contribution < 1.29 is 23.8 Å². The molecule has 2 aromatic rings. The van der Waals surface area contributed by atoms with Crippen LogP contribution in [0.3, 0.4) is 0 Å². The highest BCUT2D eigenvalue weighted by molar-refractivity contribution is 6.05. The van der Waals surface area contributed by atoms with Crippen molar-refractivity contribution in [1.82, 2.24) is 4.90 Å². The van der Waals surface area contributed by atoms with E-state index in [1.54, 1.807) is 17.0 Å². The van der Waals surface area contributed by atoms with Gasteiger partial charge in [0.2, 0.25) is 0 Å². The van der Waals surface area contributed by atoms with Crippen LogP contribution in [-0.2, 0) is 9.59 Å². The number of ether oxygens (including phenoxy) is 3. The van der Waals surface area contributed by atoms with E-state index in [-0.39, 0.29) is 18.4 Å². The van der Waals surface area contributed by atoms with Crippen LogP contribution in [0.25, 0.3) is 6.08 Å². The summed E-state index contributed by atoms with van der Waals surface area (Å²) in [7, 11) is 0. The van der Waals surface area contributed by atoms with Crippen molar-refractivity contribution in [2.24, 2.45) is 0 Å². The van der Waals surface area contributed by atoms with Gasteiger partial charge in [-0.25, -0.2) is 0 Å². The maximum atomic E-state index is 13.2. The lowest BCUT2D eigenvalue weighted by atomic mass is 10.1. The third-order valence-electron chi connectivity index (χ3n) is 6.17. The molecule has 1 atom stereocenters. The highest BCUT2D eigenvalue weighted by Gasteiger charge is 2.35. The number of nitrogens with zero attached hydrogens (tertiary/aromatic N) is 2. The third kappa shape index (κ3) is 4.67. The molecule has 7 heteroatoms. The summed E-state index contributed by atoms with van der Waals surface area (Å²) in [6.07, 6.45) is 6.60. The van der Waals surface area contributed by atoms with E-state index in [2.05, 4.69) is 0 Å². The van der Waals surface area contributed by atoms with Crippen LogP contribution < -0.4 is 19.1 Å². The Labute approximate surface area is 193 Å². The summed E-state index contributed by atoms with van der Waals surface area (Å²) in [5.41, 5.74) is 1.52. The molecule has 0 spiro atoms. The Morgan fingerprint density at radius 1 is 0.879 bits per heavy atom. The number of para-hydroxylation sites is 2. The molecule has 172 valence electrons. The van der Waals surface area contributed by atoms with Gasteiger partial charge in [-0.3, -0.25) is 9.59 Å². The van der Waals surface area contributed by atoms with E-state index < -0.39 is 6.10 Å². The van der Waals surface area contributed by atoms with Crippen molar-refractivity contribution in [2.45, 2.75) is 31.8 Å². The topological polar surface area (TPSA) is 68.3 Å². The van der Waals surface area contributed by atoms with Gasteiger partial charge < -0.3 is 24.0 Å². The first-order valence-corrected chi connectivity index (χ1v) is 11.6. The van der Waals surface area contributed by atoms with Crippen LogP contribution in [0, 0.1) is 0 Å². The largest absolute Gasteiger partial charge is 0.490 e. The van der Waals surface area contributed by atoms with Crippen LogP contribution >= 0.6 is 0 Å². The second-order valence-electron chi connectivity index (χ2n) is 8.50. The Kier molecular flexibility index (Phi) is 6.19. The predicted molar refractivity (Wildman–Crippen MR) is 125 cm³/mol. The van der Waals surface area contributed by atoms with Crippen molar-refractivity contribution in [3.8, 4) is 17.2 Å². The molecule has 7 nitrogen and oxygen atoms in total. The molecule has 0 aromatic heterocycles. The highest BCUT2D eigenvalue weighted by Crippen LogP contribution is 2.34. The molecule has 0 saturated carbocycles. The van der Waals surface area contributed by atoms with Crippen molar-refractivity contribution in [1.29, 1.82) is 0 Å². The first kappa shape index (κ1) is 21.4. The number of benzene rings is 2. The first-order valence-electron chi connectivity index (χ1n) is 11.6. The lowest BCUT2D eigenvalue weighted by molar-refractivity contribution is -0.139. The van der Waals surface area contributed by atoms with E-state index in [0.717, 1.165) is 50.1 Å². The highest BCUT2D eigenvalue weighted by atomic mass is 16.5. The van der Waals surface area contributed by atoms with Gasteiger partial charge in [0.25, 0.3) is 11.8 Å². The number of carbonyl (C=O) groups is 2. The van der Waals surface area contributed by atoms with Gasteiger partial charge in [0.05, 0.1) is 25.4 Å². The Bertz CT molecular complexity index is 1060. The summed E-state index contributed by atoms with van der Waals surface area (Å²) in [6, 6.07) is 13.0. The molecule has 0 bridgehead atoms. The molecular formula is C26H28N2O5. The zero-order valence-corrected chi connectivity index (χ0v) is 18.6. The Morgan fingerprint density at radius 3 is 2.52 bits per heavy atom. The summed E-state index contributed by atoms with van der Waals surface area (Å²) in [4.78, 5) is 29.8. The van der Waals surface area contributed by atoms with E-state index in [0.29, 0.717) is 30.4 Å². The van der Waals surface area contributed by atoms with Crippen LogP contribution in [0.5, 0.6) is 17.2 Å². The number of piperidine rings is 1. The van der Waals surface area contributed by atoms with Crippen LogP contribution in [0.4, 0.5) is 5.69 Å². The Balaban J connectivity index is 1.35. The second kappa shape index (κ2) is 9.57. The monoisotopic (exact) mass is 448 g/mol. The molecule has 2 aromatic carbocycles. The number of hydrogen-bond donors (Lipinski definition) is 0. The van der Waals surface area contributed by atoms with Crippen LogP contribution in [0.2, 0.25) is 0 Å². The van der Waals surface area contributed by atoms with Gasteiger partial charge in [-0.2, -0.15) is 0 Å². The molecule has 1 unspecified atom stereocenters. The van der Waals surface area contributed by atoms with E-state index in [1.807, 2.05) is 41.3 Å². The summed E-state index contributed by atoms with van der Waals surface area (Å²) in [5.74, 6) is 1.71. The maximum Gasteiger partial charge on any atom is 0.265 e. The molecule has 3 heterocycles. The summed E-state index contributed by atoms with van der Waals surface area (Å²) < 4.78 is 17.4. The van der Waals surface area contributed by atoms with Crippen LogP contribution in [-0.4, -0.2) is 55.7 Å². The van der Waals surface area contributed by atoms with E-state index >= 15 is 0 Å². The molecule has 3 aliphatic rings. The third-order valence-corrected chi connectivity index (χ3v) is 6.17. The van der Waals surface area contributed by atoms with Crippen molar-refractivity contribution in [3.05, 3.63) is 54.1 Å². The molecule has 1 saturated heterocycles. The molecular weight excluding hydrogens is 420 g/mol. The molecule has 33 heavy (non-hydrogen) atoms. The summed E-state index contributed by atoms with van der Waals surface area (Å²) in [6.45, 7) is 2.93. The molecule has 2 amide bonds. The Morgan fingerprint density at radius 2 is 1.67 bits per heavy atom. The average molecular weight is 449 g/mol. The zero-order valence-electron chi connectivity index (χ0n) is 18.6. The van der Waals surface area contributed by atoms with Gasteiger partial charge in [-0.15, -0.1) is 0 Å². The SMILES string of the molecule is O=C(C1CN(C(=O)/C=C/c2ccc3c(c2)OCCCO3)c2ccccc2O1)N1CCCCC1. The fourth-order valence-corrected chi connectivity index (χ4v) is 4.43. The first-order chi connectivity index (χ1) is 16.2. The van der Waals surface area contributed by atoms with Crippen molar-refractivity contribution >= 4 is 23.6 Å². The number of likely N-dealkylation sites (tertiary alicyclic amines) is 1. The molecule has 3 aliphatic heterocycles. The van der Waals surface area contributed by atoms with Crippen LogP contribution in [0.1, 0.15) is 31.2 Å². The van der Waals surface area contributed by atoms with Crippen molar-refractivity contribution in [3.63, 3.8) is 0 Å². The van der Waals surface area contributed by atoms with Gasteiger partial charge in [-0.1, -0.05) is 18.2 Å². The molecule has 5 rings (SSSR count). The smallest absolute Gasteiger partial charge is 0.265 e. The lowest BCUT2D eigenvalue weighted by Gasteiger charge is -2.37. The Hall–Kier alpha value is -3.48. The predicted octanol–water partition coefficient (Wildman–Crippen LogP) is 3.67. The minimum absolute atomic E-state index is 0.0473. The summed E-state index contributed by atoms with van der Waals surface area (Å²) in [5, 5.41) is 0. The number of hydrogen-bond acceptors (Lipinski definition) is 5. The van der Waals surface area contributed by atoms with Gasteiger partial charge in [0, 0.05) is 25.6 Å². The van der Waals surface area contributed by atoms with Gasteiger partial charge in [0.1, 0.15) is 5.75 Å². The van der Waals surface area contributed by atoms with Crippen molar-refractivity contribution in [2.75, 3.05) is 37.7 Å².